The van der Waals surface area contributed by atoms with Crippen molar-refractivity contribution in [2.75, 3.05) is 4.90 Å². The van der Waals surface area contributed by atoms with Gasteiger partial charge in [0.25, 0.3) is 0 Å². The second-order valence-electron chi connectivity index (χ2n) is 17.7. The van der Waals surface area contributed by atoms with Crippen LogP contribution in [0.4, 0.5) is 17.1 Å². The van der Waals surface area contributed by atoms with E-state index in [1.54, 1.807) is 0 Å². The SMILES string of the molecule is CC1(c2ccccc2)c2ccccc2-c2ccc(N(c3ccccc3-c3ccc4c(c3)C(c3ccccc3)(c3ccccc3)c3ccccc3-4)c3cccc4c3sc3ccccc34)cc21. The van der Waals surface area contributed by atoms with Crippen molar-refractivity contribution in [3.63, 3.8) is 0 Å². The second-order valence-corrected chi connectivity index (χ2v) is 18.7. The van der Waals surface area contributed by atoms with Gasteiger partial charge in [-0.25, -0.2) is 0 Å². The van der Waals surface area contributed by atoms with Gasteiger partial charge in [-0.2, -0.15) is 0 Å². The molecule has 1 nitrogen and oxygen atoms in total. The third kappa shape index (κ3) is 5.45. The van der Waals surface area contributed by atoms with Crippen molar-refractivity contribution in [1.29, 1.82) is 0 Å². The molecule has 1 unspecified atom stereocenters. The molecular weight excluding hydrogens is 803 g/mol. The lowest BCUT2D eigenvalue weighted by atomic mass is 9.67. The average molecular weight is 846 g/mol. The van der Waals surface area contributed by atoms with Gasteiger partial charge in [-0.1, -0.05) is 206 Å². The number of anilines is 3. The summed E-state index contributed by atoms with van der Waals surface area (Å²) in [6.07, 6.45) is 0. The highest BCUT2D eigenvalue weighted by Crippen LogP contribution is 2.58. The van der Waals surface area contributed by atoms with Crippen molar-refractivity contribution in [2.45, 2.75) is 17.8 Å². The molecule has 1 atom stereocenters. The number of fused-ring (bicyclic) bond motifs is 9. The molecule has 0 radical (unpaired) electrons. The van der Waals surface area contributed by atoms with E-state index in [1.165, 1.54) is 98.2 Å². The molecule has 0 saturated carbocycles. The Morgan fingerprint density at radius 1 is 0.354 bits per heavy atom. The summed E-state index contributed by atoms with van der Waals surface area (Å²) in [5.41, 5.74) is 19.2. The Balaban J connectivity index is 1.07. The Labute approximate surface area is 384 Å². The van der Waals surface area contributed by atoms with Crippen molar-refractivity contribution < 1.29 is 0 Å². The number of hydrogen-bond acceptors (Lipinski definition) is 2. The molecule has 2 aliphatic rings. The summed E-state index contributed by atoms with van der Waals surface area (Å²) in [7, 11) is 0. The third-order valence-electron chi connectivity index (χ3n) is 14.4. The van der Waals surface area contributed by atoms with Crippen LogP contribution < -0.4 is 4.90 Å². The van der Waals surface area contributed by atoms with Crippen molar-refractivity contribution in [3.8, 4) is 33.4 Å². The molecule has 306 valence electrons. The van der Waals surface area contributed by atoms with Gasteiger partial charge in [-0.05, 0) is 110 Å². The Morgan fingerprint density at radius 3 is 1.62 bits per heavy atom. The predicted molar refractivity (Wildman–Crippen MR) is 274 cm³/mol. The standard InChI is InChI=1S/C63H43NS/c1-62(43-20-5-2-6-21-43)54-31-15-11-27-48(54)50-39-37-46(41-56(50)62)64(59-34-19-30-53-52-29-14-18-35-60(52)65-61(53)59)58-33-17-13-26-47(58)42-36-38-51-49-28-12-16-32-55(49)63(57(51)40-42,44-22-7-3-8-23-44)45-24-9-4-10-25-45/h2-41H,1H3. The number of rotatable bonds is 7. The molecule has 0 spiro atoms. The van der Waals surface area contributed by atoms with E-state index in [1.807, 2.05) is 11.3 Å². The molecule has 1 aromatic heterocycles. The monoisotopic (exact) mass is 845 g/mol. The Morgan fingerprint density at radius 2 is 0.877 bits per heavy atom. The van der Waals surface area contributed by atoms with Gasteiger partial charge in [-0.3, -0.25) is 0 Å². The minimum absolute atomic E-state index is 0.342. The fourth-order valence-electron chi connectivity index (χ4n) is 11.5. The van der Waals surface area contributed by atoms with E-state index in [9.17, 15) is 0 Å². The lowest BCUT2D eigenvalue weighted by Crippen LogP contribution is -2.28. The van der Waals surface area contributed by atoms with Gasteiger partial charge in [0.1, 0.15) is 0 Å². The molecular formula is C63H43NS. The van der Waals surface area contributed by atoms with E-state index in [2.05, 4.69) is 254 Å². The summed E-state index contributed by atoms with van der Waals surface area (Å²) < 4.78 is 2.57. The summed E-state index contributed by atoms with van der Waals surface area (Å²) in [5, 5.41) is 2.57. The van der Waals surface area contributed by atoms with Crippen LogP contribution in [0, 0.1) is 0 Å². The first-order valence-corrected chi connectivity index (χ1v) is 23.4. The van der Waals surface area contributed by atoms with Crippen LogP contribution in [-0.2, 0) is 10.8 Å². The van der Waals surface area contributed by atoms with Gasteiger partial charge < -0.3 is 4.90 Å². The number of nitrogens with zero attached hydrogens (tertiary/aromatic N) is 1. The molecule has 0 fully saturated rings. The maximum absolute atomic E-state index is 2.55. The molecule has 2 aliphatic carbocycles. The van der Waals surface area contributed by atoms with Gasteiger partial charge in [0.2, 0.25) is 0 Å². The van der Waals surface area contributed by atoms with E-state index >= 15 is 0 Å². The van der Waals surface area contributed by atoms with Gasteiger partial charge in [0, 0.05) is 32.1 Å². The molecule has 0 amide bonds. The van der Waals surface area contributed by atoms with E-state index in [4.69, 9.17) is 0 Å². The summed E-state index contributed by atoms with van der Waals surface area (Å²) in [5.74, 6) is 0. The van der Waals surface area contributed by atoms with Crippen LogP contribution in [0.5, 0.6) is 0 Å². The van der Waals surface area contributed by atoms with Crippen molar-refractivity contribution in [2.24, 2.45) is 0 Å². The van der Waals surface area contributed by atoms with Crippen LogP contribution in [0.2, 0.25) is 0 Å². The summed E-state index contributed by atoms with van der Waals surface area (Å²) in [6, 6.07) is 90.5. The fourth-order valence-corrected chi connectivity index (χ4v) is 12.7. The van der Waals surface area contributed by atoms with Gasteiger partial charge >= 0.3 is 0 Å². The Bertz CT molecular complexity index is 3580. The molecule has 0 N–H and O–H groups in total. The van der Waals surface area contributed by atoms with Crippen LogP contribution in [0.15, 0.2) is 243 Å². The number of thiophene rings is 1. The van der Waals surface area contributed by atoms with E-state index in [0.717, 1.165) is 11.4 Å². The highest BCUT2D eigenvalue weighted by atomic mass is 32.1. The molecule has 1 heterocycles. The zero-order valence-corrected chi connectivity index (χ0v) is 36.8. The largest absolute Gasteiger partial charge is 0.308 e. The zero-order chi connectivity index (χ0) is 43.1. The molecule has 10 aromatic carbocycles. The van der Waals surface area contributed by atoms with Crippen molar-refractivity contribution in [1.82, 2.24) is 0 Å². The van der Waals surface area contributed by atoms with Gasteiger partial charge in [0.15, 0.2) is 0 Å². The lowest BCUT2D eigenvalue weighted by Gasteiger charge is -2.34. The first-order chi connectivity index (χ1) is 32.1. The first kappa shape index (κ1) is 37.7. The highest BCUT2D eigenvalue weighted by Gasteiger charge is 2.46. The quantitative estimate of drug-likeness (QED) is 0.154. The normalized spacial score (nSPS) is 15.3. The molecule has 0 bridgehead atoms. The summed E-state index contributed by atoms with van der Waals surface area (Å²) in [4.78, 5) is 2.55. The molecule has 2 heteroatoms. The van der Waals surface area contributed by atoms with E-state index < -0.39 is 5.41 Å². The van der Waals surface area contributed by atoms with Gasteiger partial charge in [-0.15, -0.1) is 11.3 Å². The van der Waals surface area contributed by atoms with Crippen LogP contribution in [0.25, 0.3) is 53.6 Å². The zero-order valence-electron chi connectivity index (χ0n) is 35.9. The minimum Gasteiger partial charge on any atom is -0.308 e. The van der Waals surface area contributed by atoms with E-state index in [-0.39, 0.29) is 5.41 Å². The summed E-state index contributed by atoms with van der Waals surface area (Å²) in [6.45, 7) is 2.41. The number of benzene rings is 10. The van der Waals surface area contributed by atoms with Crippen molar-refractivity contribution >= 4 is 48.6 Å². The third-order valence-corrected chi connectivity index (χ3v) is 15.7. The maximum Gasteiger partial charge on any atom is 0.0713 e. The van der Waals surface area contributed by atoms with Crippen LogP contribution in [0.3, 0.4) is 0 Å². The Kier molecular flexibility index (Phi) is 8.50. The number of hydrogen-bond donors (Lipinski definition) is 0. The Hall–Kier alpha value is -7.78. The molecule has 65 heavy (non-hydrogen) atoms. The molecule has 13 rings (SSSR count). The second kappa shape index (κ2) is 14.6. The van der Waals surface area contributed by atoms with Crippen molar-refractivity contribution in [3.05, 3.63) is 282 Å². The first-order valence-electron chi connectivity index (χ1n) is 22.6. The van der Waals surface area contributed by atoms with Crippen LogP contribution >= 0.6 is 11.3 Å². The molecule has 11 aromatic rings. The fraction of sp³-hybridized carbons (Fsp3) is 0.0476. The van der Waals surface area contributed by atoms with Gasteiger partial charge in [0.05, 0.1) is 21.5 Å². The van der Waals surface area contributed by atoms with Crippen LogP contribution in [0.1, 0.15) is 45.9 Å². The van der Waals surface area contributed by atoms with E-state index in [0.29, 0.717) is 0 Å². The smallest absolute Gasteiger partial charge is 0.0713 e. The lowest BCUT2D eigenvalue weighted by molar-refractivity contribution is 0.714. The molecule has 0 aliphatic heterocycles. The summed E-state index contributed by atoms with van der Waals surface area (Å²) >= 11 is 1.88. The predicted octanol–water partition coefficient (Wildman–Crippen LogP) is 16.9. The topological polar surface area (TPSA) is 3.24 Å². The number of para-hydroxylation sites is 1. The minimum atomic E-state index is -0.501. The highest BCUT2D eigenvalue weighted by molar-refractivity contribution is 7.26. The van der Waals surface area contributed by atoms with Crippen LogP contribution in [-0.4, -0.2) is 0 Å². The average Bonchev–Trinajstić information content (AvgIpc) is 4.00. The maximum atomic E-state index is 2.55. The molecule has 0 saturated heterocycles.